The van der Waals surface area contributed by atoms with Crippen molar-refractivity contribution in [1.82, 2.24) is 0 Å². The molecule has 144 valence electrons. The largest absolute Gasteiger partial charge is 0.480 e. The van der Waals surface area contributed by atoms with Crippen molar-refractivity contribution < 1.29 is 23.8 Å². The Morgan fingerprint density at radius 3 is 2.58 bits per heavy atom. The average Bonchev–Trinajstić information content (AvgIpc) is 2.59. The summed E-state index contributed by atoms with van der Waals surface area (Å²) < 4.78 is 15.8. The third kappa shape index (κ3) is 6.20. The molecule has 2 rings (SSSR count). The van der Waals surface area contributed by atoms with Crippen molar-refractivity contribution in [3.05, 3.63) is 29.3 Å². The lowest BCUT2D eigenvalue weighted by atomic mass is 9.75. The summed E-state index contributed by atoms with van der Waals surface area (Å²) in [6, 6.07) is 6.83. The molecule has 3 unspecified atom stereocenters. The van der Waals surface area contributed by atoms with Gasteiger partial charge in [-0.2, -0.15) is 0 Å². The van der Waals surface area contributed by atoms with E-state index in [1.807, 2.05) is 0 Å². The summed E-state index contributed by atoms with van der Waals surface area (Å²) in [5, 5.41) is 0.408. The van der Waals surface area contributed by atoms with Crippen LogP contribution in [0.5, 0.6) is 5.75 Å². The van der Waals surface area contributed by atoms with Crippen LogP contribution in [0.3, 0.4) is 0 Å². The molecule has 0 radical (unpaired) electrons. The number of carbonyl (C=O) groups excluding carboxylic acids is 2. The minimum atomic E-state index is -0.640. The molecule has 6 heteroatoms. The Bertz CT molecular complexity index is 616. The zero-order chi connectivity index (χ0) is 19.1. The van der Waals surface area contributed by atoms with Gasteiger partial charge in [0.2, 0.25) is 0 Å². The summed E-state index contributed by atoms with van der Waals surface area (Å²) >= 11 is 5.94. The Labute approximate surface area is 160 Å². The SMILES string of the molecule is CC1CCC(C(C)C)C(OC(=O)COC(=O)COc2ccccc2Cl)C1. The fraction of sp³-hybridized carbons (Fsp3) is 0.600. The molecule has 0 saturated heterocycles. The number of esters is 2. The number of ether oxygens (including phenoxy) is 3. The monoisotopic (exact) mass is 382 g/mol. The Kier molecular flexibility index (Phi) is 7.76. The molecule has 1 aliphatic carbocycles. The van der Waals surface area contributed by atoms with Gasteiger partial charge in [-0.05, 0) is 42.7 Å². The molecule has 1 aromatic rings. The molecule has 3 atom stereocenters. The Morgan fingerprint density at radius 2 is 1.88 bits per heavy atom. The summed E-state index contributed by atoms with van der Waals surface area (Å²) in [4.78, 5) is 23.8. The van der Waals surface area contributed by atoms with E-state index in [9.17, 15) is 9.59 Å². The van der Waals surface area contributed by atoms with Crippen molar-refractivity contribution in [2.24, 2.45) is 17.8 Å². The number of rotatable bonds is 7. The highest BCUT2D eigenvalue weighted by atomic mass is 35.5. The van der Waals surface area contributed by atoms with Crippen molar-refractivity contribution in [2.45, 2.75) is 46.1 Å². The molecule has 1 saturated carbocycles. The zero-order valence-corrected chi connectivity index (χ0v) is 16.3. The van der Waals surface area contributed by atoms with E-state index in [-0.39, 0.29) is 12.7 Å². The number of para-hydroxylation sites is 1. The molecule has 1 fully saturated rings. The van der Waals surface area contributed by atoms with E-state index in [4.69, 9.17) is 25.8 Å². The predicted octanol–water partition coefficient (Wildman–Crippen LogP) is 4.27. The van der Waals surface area contributed by atoms with Gasteiger partial charge in [0.05, 0.1) is 5.02 Å². The highest BCUT2D eigenvalue weighted by molar-refractivity contribution is 6.32. The van der Waals surface area contributed by atoms with Gasteiger partial charge in [0.1, 0.15) is 11.9 Å². The first-order valence-corrected chi connectivity index (χ1v) is 9.47. The smallest absolute Gasteiger partial charge is 0.344 e. The van der Waals surface area contributed by atoms with Crippen molar-refractivity contribution in [1.29, 1.82) is 0 Å². The molecular formula is C20H27ClO5. The number of benzene rings is 1. The van der Waals surface area contributed by atoms with E-state index in [2.05, 4.69) is 20.8 Å². The van der Waals surface area contributed by atoms with E-state index in [0.717, 1.165) is 19.3 Å². The molecule has 1 aromatic carbocycles. The topological polar surface area (TPSA) is 61.8 Å². The molecular weight excluding hydrogens is 356 g/mol. The van der Waals surface area contributed by atoms with Gasteiger partial charge in [-0.3, -0.25) is 0 Å². The van der Waals surface area contributed by atoms with E-state index in [1.165, 1.54) is 0 Å². The van der Waals surface area contributed by atoms with Gasteiger partial charge in [-0.1, -0.05) is 50.9 Å². The predicted molar refractivity (Wildman–Crippen MR) is 99.1 cm³/mol. The summed E-state index contributed by atoms with van der Waals surface area (Å²) in [5.41, 5.74) is 0. The molecule has 0 N–H and O–H groups in total. The summed E-state index contributed by atoms with van der Waals surface area (Å²) in [7, 11) is 0. The first kappa shape index (κ1) is 20.6. The number of halogens is 1. The lowest BCUT2D eigenvalue weighted by Crippen LogP contribution is -2.37. The van der Waals surface area contributed by atoms with E-state index >= 15 is 0 Å². The fourth-order valence-electron chi connectivity index (χ4n) is 3.33. The van der Waals surface area contributed by atoms with Gasteiger partial charge in [-0.15, -0.1) is 0 Å². The van der Waals surface area contributed by atoms with Crippen LogP contribution in [0.15, 0.2) is 24.3 Å². The number of carbonyl (C=O) groups is 2. The van der Waals surface area contributed by atoms with Crippen LogP contribution in [-0.2, 0) is 19.1 Å². The first-order chi connectivity index (χ1) is 12.4. The van der Waals surface area contributed by atoms with Gasteiger partial charge in [0.25, 0.3) is 0 Å². The van der Waals surface area contributed by atoms with Crippen molar-refractivity contribution in [2.75, 3.05) is 13.2 Å². The summed E-state index contributed by atoms with van der Waals surface area (Å²) in [6.07, 6.45) is 2.97. The fourth-order valence-corrected chi connectivity index (χ4v) is 3.52. The highest BCUT2D eigenvalue weighted by Crippen LogP contribution is 2.35. The Balaban J connectivity index is 1.75. The number of hydrogen-bond acceptors (Lipinski definition) is 5. The standard InChI is InChI=1S/C20H27ClO5/c1-13(2)15-9-8-14(3)10-18(15)26-20(23)12-25-19(22)11-24-17-7-5-4-6-16(17)21/h4-7,13-15,18H,8-12H2,1-3H3. The van der Waals surface area contributed by atoms with Gasteiger partial charge in [0, 0.05) is 0 Å². The second-order valence-electron chi connectivity index (χ2n) is 7.23. The number of hydrogen-bond donors (Lipinski definition) is 0. The minimum absolute atomic E-state index is 0.107. The van der Waals surface area contributed by atoms with Crippen LogP contribution < -0.4 is 4.74 Å². The van der Waals surface area contributed by atoms with Crippen LogP contribution >= 0.6 is 11.6 Å². The lowest BCUT2D eigenvalue weighted by Gasteiger charge is -2.36. The first-order valence-electron chi connectivity index (χ1n) is 9.09. The molecule has 5 nitrogen and oxygen atoms in total. The van der Waals surface area contributed by atoms with Crippen molar-refractivity contribution in [3.63, 3.8) is 0 Å². The summed E-state index contributed by atoms with van der Waals surface area (Å²) in [5.74, 6) is 0.584. The third-order valence-electron chi connectivity index (χ3n) is 4.78. The van der Waals surface area contributed by atoms with Gasteiger partial charge >= 0.3 is 11.9 Å². The highest BCUT2D eigenvalue weighted by Gasteiger charge is 2.33. The Morgan fingerprint density at radius 1 is 1.15 bits per heavy atom. The molecule has 0 bridgehead atoms. The molecule has 0 heterocycles. The summed E-state index contributed by atoms with van der Waals surface area (Å²) in [6.45, 7) is 5.75. The zero-order valence-electron chi connectivity index (χ0n) is 15.6. The van der Waals surface area contributed by atoms with Crippen LogP contribution in [-0.4, -0.2) is 31.3 Å². The minimum Gasteiger partial charge on any atom is -0.480 e. The van der Waals surface area contributed by atoms with Crippen molar-refractivity contribution in [3.8, 4) is 5.75 Å². The molecule has 0 amide bonds. The Hall–Kier alpha value is -1.75. The molecule has 0 aromatic heterocycles. The maximum Gasteiger partial charge on any atom is 0.344 e. The molecule has 0 aliphatic heterocycles. The van der Waals surface area contributed by atoms with Crippen LogP contribution in [0, 0.1) is 17.8 Å². The lowest BCUT2D eigenvalue weighted by molar-refractivity contribution is -0.167. The van der Waals surface area contributed by atoms with E-state index in [1.54, 1.807) is 24.3 Å². The van der Waals surface area contributed by atoms with Crippen molar-refractivity contribution >= 4 is 23.5 Å². The van der Waals surface area contributed by atoms with Gasteiger partial charge in [-0.25, -0.2) is 9.59 Å². The third-order valence-corrected chi connectivity index (χ3v) is 5.09. The molecule has 0 spiro atoms. The normalized spacial score (nSPS) is 22.7. The maximum absolute atomic E-state index is 12.1. The van der Waals surface area contributed by atoms with E-state index < -0.39 is 18.5 Å². The van der Waals surface area contributed by atoms with Gasteiger partial charge < -0.3 is 14.2 Å². The van der Waals surface area contributed by atoms with Gasteiger partial charge in [0.15, 0.2) is 13.2 Å². The van der Waals surface area contributed by atoms with Crippen LogP contribution in [0.4, 0.5) is 0 Å². The van der Waals surface area contributed by atoms with Crippen LogP contribution in [0.1, 0.15) is 40.0 Å². The second kappa shape index (κ2) is 9.81. The molecule has 1 aliphatic rings. The maximum atomic E-state index is 12.1. The quantitative estimate of drug-likeness (QED) is 0.659. The molecule has 26 heavy (non-hydrogen) atoms. The van der Waals surface area contributed by atoms with Crippen LogP contribution in [0.2, 0.25) is 5.02 Å². The average molecular weight is 383 g/mol. The second-order valence-corrected chi connectivity index (χ2v) is 7.64. The van der Waals surface area contributed by atoms with E-state index in [0.29, 0.717) is 28.5 Å². The van der Waals surface area contributed by atoms with Crippen LogP contribution in [0.25, 0.3) is 0 Å².